The molecule has 9 heteroatoms. The maximum absolute atomic E-state index is 12.3. The van der Waals surface area contributed by atoms with E-state index in [1.807, 2.05) is 45.2 Å². The van der Waals surface area contributed by atoms with Crippen LogP contribution in [0.25, 0.3) is 16.8 Å². The molecule has 0 spiro atoms. The van der Waals surface area contributed by atoms with Gasteiger partial charge in [0.15, 0.2) is 5.65 Å². The molecule has 0 aromatic carbocycles. The minimum atomic E-state index is -0.507. The highest BCUT2D eigenvalue weighted by molar-refractivity contribution is 5.80. The van der Waals surface area contributed by atoms with Crippen LogP contribution in [0.1, 0.15) is 20.8 Å². The number of aromatic nitrogens is 4. The Bertz CT molecular complexity index is 1070. The molecular formula is C21H26N6O3. The maximum Gasteiger partial charge on any atom is 0.410 e. The summed E-state index contributed by atoms with van der Waals surface area (Å²) in [5.74, 6) is 1.36. The fourth-order valence-electron chi connectivity index (χ4n) is 3.35. The van der Waals surface area contributed by atoms with E-state index in [2.05, 4.69) is 15.0 Å². The van der Waals surface area contributed by atoms with E-state index in [9.17, 15) is 4.79 Å². The topological polar surface area (TPSA) is 85.1 Å². The Labute approximate surface area is 175 Å². The Kier molecular flexibility index (Phi) is 4.97. The van der Waals surface area contributed by atoms with Crippen molar-refractivity contribution in [2.24, 2.45) is 0 Å². The third kappa shape index (κ3) is 3.74. The smallest absolute Gasteiger partial charge is 0.410 e. The fourth-order valence-corrected chi connectivity index (χ4v) is 3.35. The Morgan fingerprint density at radius 1 is 1.23 bits per heavy atom. The van der Waals surface area contributed by atoms with Gasteiger partial charge in [-0.2, -0.15) is 5.10 Å². The van der Waals surface area contributed by atoms with E-state index in [1.165, 1.54) is 0 Å². The van der Waals surface area contributed by atoms with Crippen LogP contribution in [0.4, 0.5) is 10.6 Å². The van der Waals surface area contributed by atoms with E-state index >= 15 is 0 Å². The zero-order valence-electron chi connectivity index (χ0n) is 17.9. The number of nitrogens with zero attached hydrogens (tertiary/aromatic N) is 6. The molecule has 30 heavy (non-hydrogen) atoms. The van der Waals surface area contributed by atoms with Crippen molar-refractivity contribution in [2.75, 3.05) is 32.1 Å². The molecule has 1 fully saturated rings. The molecule has 158 valence electrons. The third-order valence-electron chi connectivity index (χ3n) is 5.02. The van der Waals surface area contributed by atoms with Gasteiger partial charge >= 0.3 is 6.09 Å². The zero-order chi connectivity index (χ0) is 21.5. The molecule has 4 rings (SSSR count). The molecule has 0 radical (unpaired) electrons. The summed E-state index contributed by atoms with van der Waals surface area (Å²) in [5.41, 5.74) is 1.91. The zero-order valence-corrected chi connectivity index (χ0v) is 17.9. The van der Waals surface area contributed by atoms with Crippen LogP contribution in [-0.4, -0.2) is 69.5 Å². The lowest BCUT2D eigenvalue weighted by atomic mass is 10.1. The van der Waals surface area contributed by atoms with Crippen molar-refractivity contribution in [1.29, 1.82) is 0 Å². The number of fused-ring (bicyclic) bond motifs is 1. The number of carbonyl (C=O) groups excluding carboxylic acids is 1. The van der Waals surface area contributed by atoms with Crippen LogP contribution in [0, 0.1) is 0 Å². The summed E-state index contributed by atoms with van der Waals surface area (Å²) in [4.78, 5) is 25.1. The van der Waals surface area contributed by atoms with Crippen LogP contribution >= 0.6 is 0 Å². The first-order valence-electron chi connectivity index (χ1n) is 9.81. The van der Waals surface area contributed by atoms with Gasteiger partial charge in [-0.3, -0.25) is 0 Å². The number of ether oxygens (including phenoxy) is 2. The number of pyridine rings is 1. The van der Waals surface area contributed by atoms with Crippen molar-refractivity contribution in [1.82, 2.24) is 24.5 Å². The number of hydrogen-bond donors (Lipinski definition) is 0. The van der Waals surface area contributed by atoms with Crippen molar-refractivity contribution in [3.8, 4) is 17.0 Å². The summed E-state index contributed by atoms with van der Waals surface area (Å²) >= 11 is 0. The second-order valence-corrected chi connectivity index (χ2v) is 8.32. The normalized spacial score (nSPS) is 14.5. The van der Waals surface area contributed by atoms with E-state index in [1.54, 1.807) is 36.0 Å². The van der Waals surface area contributed by atoms with Gasteiger partial charge in [-0.15, -0.1) is 0 Å². The molecule has 1 aliphatic heterocycles. The monoisotopic (exact) mass is 410 g/mol. The average Bonchev–Trinajstić information content (AvgIpc) is 3.08. The van der Waals surface area contributed by atoms with Gasteiger partial charge in [0.25, 0.3) is 0 Å². The molecule has 0 bridgehead atoms. The van der Waals surface area contributed by atoms with Gasteiger partial charge in [-0.25, -0.2) is 19.3 Å². The third-order valence-corrected chi connectivity index (χ3v) is 5.02. The first kappa shape index (κ1) is 19.9. The number of amides is 1. The van der Waals surface area contributed by atoms with Gasteiger partial charge in [0.1, 0.15) is 11.4 Å². The summed E-state index contributed by atoms with van der Waals surface area (Å²) in [7, 11) is 3.37. The molecule has 3 aromatic heterocycles. The van der Waals surface area contributed by atoms with Gasteiger partial charge in [0.2, 0.25) is 5.88 Å². The van der Waals surface area contributed by atoms with E-state index in [0.717, 1.165) is 22.6 Å². The second kappa shape index (κ2) is 7.47. The van der Waals surface area contributed by atoms with Crippen molar-refractivity contribution >= 4 is 17.6 Å². The van der Waals surface area contributed by atoms with E-state index < -0.39 is 5.60 Å². The van der Waals surface area contributed by atoms with Crippen molar-refractivity contribution in [2.45, 2.75) is 32.4 Å². The van der Waals surface area contributed by atoms with Crippen LogP contribution in [0.3, 0.4) is 0 Å². The first-order chi connectivity index (χ1) is 14.3. The Hall–Kier alpha value is -3.36. The highest BCUT2D eigenvalue weighted by atomic mass is 16.6. The SMILES string of the molecule is COc1ncccc1-c1cnn2ccc(N3CC(N(C)C(=O)OC(C)(C)C)C3)nc12. The Morgan fingerprint density at radius 3 is 2.70 bits per heavy atom. The first-order valence-corrected chi connectivity index (χ1v) is 9.81. The Balaban J connectivity index is 1.52. The molecule has 0 aliphatic carbocycles. The quantitative estimate of drug-likeness (QED) is 0.654. The number of methoxy groups -OCH3 is 1. The molecule has 1 aliphatic rings. The molecule has 0 N–H and O–H groups in total. The molecular weight excluding hydrogens is 384 g/mol. The predicted octanol–water partition coefficient (Wildman–Crippen LogP) is 2.86. The van der Waals surface area contributed by atoms with Crippen LogP contribution in [0.2, 0.25) is 0 Å². The Morgan fingerprint density at radius 2 is 2.00 bits per heavy atom. The van der Waals surface area contributed by atoms with Gasteiger partial charge in [0.05, 0.1) is 24.9 Å². The summed E-state index contributed by atoms with van der Waals surface area (Å²) in [6.45, 7) is 6.99. The minimum Gasteiger partial charge on any atom is -0.481 e. The molecule has 9 nitrogen and oxygen atoms in total. The lowest BCUT2D eigenvalue weighted by Crippen LogP contribution is -2.60. The van der Waals surface area contributed by atoms with Gasteiger partial charge in [-0.1, -0.05) is 0 Å². The molecule has 4 heterocycles. The number of anilines is 1. The van der Waals surface area contributed by atoms with E-state index in [-0.39, 0.29) is 12.1 Å². The molecule has 3 aromatic rings. The van der Waals surface area contributed by atoms with Crippen molar-refractivity contribution in [3.63, 3.8) is 0 Å². The highest BCUT2D eigenvalue weighted by Gasteiger charge is 2.35. The number of carbonyl (C=O) groups is 1. The number of likely N-dealkylation sites (N-methyl/N-ethyl adjacent to an activating group) is 1. The summed E-state index contributed by atoms with van der Waals surface area (Å²) in [6, 6.07) is 5.80. The van der Waals surface area contributed by atoms with Crippen molar-refractivity contribution in [3.05, 3.63) is 36.8 Å². The largest absolute Gasteiger partial charge is 0.481 e. The van der Waals surface area contributed by atoms with Gasteiger partial charge < -0.3 is 19.3 Å². The van der Waals surface area contributed by atoms with Crippen LogP contribution in [0.15, 0.2) is 36.8 Å². The fraction of sp³-hybridized carbons (Fsp3) is 0.429. The van der Waals surface area contributed by atoms with Crippen LogP contribution < -0.4 is 9.64 Å². The molecule has 0 atom stereocenters. The standard InChI is InChI=1S/C21H26N6O3/c1-21(2,3)30-20(28)25(4)14-12-26(13-14)17-8-10-27-18(24-17)16(11-23-27)15-7-6-9-22-19(15)29-5/h6-11,14H,12-13H2,1-5H3. The minimum absolute atomic E-state index is 0.0840. The van der Waals surface area contributed by atoms with E-state index in [4.69, 9.17) is 14.5 Å². The van der Waals surface area contributed by atoms with Gasteiger partial charge in [-0.05, 0) is 39.0 Å². The second-order valence-electron chi connectivity index (χ2n) is 8.32. The lowest BCUT2D eigenvalue weighted by molar-refractivity contribution is 0.0196. The average molecular weight is 410 g/mol. The van der Waals surface area contributed by atoms with Gasteiger partial charge in [0, 0.05) is 38.1 Å². The maximum atomic E-state index is 12.3. The summed E-state index contributed by atoms with van der Waals surface area (Å²) in [6.07, 6.45) is 5.03. The summed E-state index contributed by atoms with van der Waals surface area (Å²) < 4.78 is 12.6. The van der Waals surface area contributed by atoms with Crippen LogP contribution in [-0.2, 0) is 4.74 Å². The predicted molar refractivity (Wildman–Crippen MR) is 113 cm³/mol. The summed E-state index contributed by atoms with van der Waals surface area (Å²) in [5, 5.41) is 4.40. The molecule has 0 unspecified atom stereocenters. The van der Waals surface area contributed by atoms with Crippen molar-refractivity contribution < 1.29 is 14.3 Å². The lowest BCUT2D eigenvalue weighted by Gasteiger charge is -2.44. The molecule has 0 saturated carbocycles. The van der Waals surface area contributed by atoms with E-state index in [0.29, 0.717) is 19.0 Å². The number of rotatable bonds is 4. The van der Waals surface area contributed by atoms with Crippen LogP contribution in [0.5, 0.6) is 5.88 Å². The number of hydrogen-bond acceptors (Lipinski definition) is 7. The molecule has 1 saturated heterocycles. The highest BCUT2D eigenvalue weighted by Crippen LogP contribution is 2.31. The molecule has 1 amide bonds.